The third-order valence-electron chi connectivity index (χ3n) is 2.54. The fourth-order valence-corrected chi connectivity index (χ4v) is 2.37. The van der Waals surface area contributed by atoms with E-state index in [0.717, 1.165) is 4.88 Å². The van der Waals surface area contributed by atoms with E-state index in [4.69, 9.17) is 0 Å². The van der Waals surface area contributed by atoms with Gasteiger partial charge < -0.3 is 0 Å². The molecule has 0 aliphatic carbocycles. The first kappa shape index (κ1) is 11.6. The molecule has 0 atom stereocenters. The Morgan fingerprint density at radius 1 is 0.947 bits per heavy atom. The lowest BCUT2D eigenvalue weighted by atomic mass is 10.3. The van der Waals surface area contributed by atoms with E-state index >= 15 is 0 Å². The number of H-pyrrole nitrogens is 2. The number of rotatable bonds is 3. The molecule has 94 valence electrons. The SMILES string of the molecule is O=c1[nH][nH]c(-c2cccs2)c1N=Nc1ccccc1. The highest BCUT2D eigenvalue weighted by molar-refractivity contribution is 7.13. The molecular weight excluding hydrogens is 260 g/mol. The standard InChI is InChI=1S/C13H10N4OS/c18-13-12(16-14-9-5-2-1-3-6-9)11(15-17-13)10-7-4-8-19-10/h1-8H,(H2,15,17,18). The van der Waals surface area contributed by atoms with Crippen LogP contribution in [0.15, 0.2) is 62.9 Å². The van der Waals surface area contributed by atoms with E-state index < -0.39 is 0 Å². The minimum atomic E-state index is -0.275. The average Bonchev–Trinajstić information content (AvgIpc) is 3.07. The van der Waals surface area contributed by atoms with Gasteiger partial charge in [-0.1, -0.05) is 24.3 Å². The van der Waals surface area contributed by atoms with Crippen LogP contribution in [0.1, 0.15) is 0 Å². The normalized spacial score (nSPS) is 11.2. The molecule has 0 fully saturated rings. The Morgan fingerprint density at radius 3 is 2.53 bits per heavy atom. The minimum Gasteiger partial charge on any atom is -0.294 e. The molecule has 19 heavy (non-hydrogen) atoms. The van der Waals surface area contributed by atoms with Crippen LogP contribution in [0.3, 0.4) is 0 Å². The second-order valence-corrected chi connectivity index (χ2v) is 4.76. The molecule has 6 heteroatoms. The summed E-state index contributed by atoms with van der Waals surface area (Å²) >= 11 is 1.53. The monoisotopic (exact) mass is 270 g/mol. The smallest absolute Gasteiger partial charge is 0.292 e. The summed E-state index contributed by atoms with van der Waals surface area (Å²) in [7, 11) is 0. The fraction of sp³-hybridized carbons (Fsp3) is 0. The zero-order valence-electron chi connectivity index (χ0n) is 9.83. The highest BCUT2D eigenvalue weighted by Gasteiger charge is 2.11. The Hall–Kier alpha value is -2.47. The molecule has 0 spiro atoms. The van der Waals surface area contributed by atoms with Crippen molar-refractivity contribution < 1.29 is 0 Å². The maximum Gasteiger partial charge on any atom is 0.292 e. The number of aromatic nitrogens is 2. The third-order valence-corrected chi connectivity index (χ3v) is 3.43. The van der Waals surface area contributed by atoms with Crippen LogP contribution in [0.25, 0.3) is 10.6 Å². The van der Waals surface area contributed by atoms with Gasteiger partial charge >= 0.3 is 0 Å². The highest BCUT2D eigenvalue weighted by atomic mass is 32.1. The molecule has 3 rings (SSSR count). The Balaban J connectivity index is 2.00. The average molecular weight is 270 g/mol. The number of nitrogens with zero attached hydrogens (tertiary/aromatic N) is 2. The molecule has 2 aromatic heterocycles. The van der Waals surface area contributed by atoms with Crippen molar-refractivity contribution in [2.75, 3.05) is 0 Å². The van der Waals surface area contributed by atoms with E-state index in [-0.39, 0.29) is 5.56 Å². The first-order valence-electron chi connectivity index (χ1n) is 5.66. The van der Waals surface area contributed by atoms with Crippen molar-refractivity contribution in [2.24, 2.45) is 10.2 Å². The first-order chi connectivity index (χ1) is 9.34. The summed E-state index contributed by atoms with van der Waals surface area (Å²) in [5.41, 5.74) is 1.40. The lowest BCUT2D eigenvalue weighted by Crippen LogP contribution is -1.96. The van der Waals surface area contributed by atoms with E-state index in [0.29, 0.717) is 17.1 Å². The first-order valence-corrected chi connectivity index (χ1v) is 6.54. The molecule has 0 saturated carbocycles. The topological polar surface area (TPSA) is 73.4 Å². The van der Waals surface area contributed by atoms with Gasteiger partial charge in [-0.15, -0.1) is 16.5 Å². The molecule has 0 saturated heterocycles. The number of benzene rings is 1. The molecule has 0 aliphatic rings. The van der Waals surface area contributed by atoms with Crippen LogP contribution in [0.4, 0.5) is 11.4 Å². The second kappa shape index (κ2) is 5.03. The third kappa shape index (κ3) is 2.38. The molecule has 0 bridgehead atoms. The van der Waals surface area contributed by atoms with E-state index in [1.807, 2.05) is 47.8 Å². The van der Waals surface area contributed by atoms with E-state index in [1.54, 1.807) is 0 Å². The van der Waals surface area contributed by atoms with Gasteiger partial charge in [0, 0.05) is 0 Å². The summed E-state index contributed by atoms with van der Waals surface area (Å²) in [4.78, 5) is 12.7. The van der Waals surface area contributed by atoms with E-state index in [2.05, 4.69) is 20.4 Å². The molecular formula is C13H10N4OS. The van der Waals surface area contributed by atoms with Crippen molar-refractivity contribution in [3.05, 3.63) is 58.2 Å². The molecule has 0 unspecified atom stereocenters. The summed E-state index contributed by atoms with van der Waals surface area (Å²) in [6.07, 6.45) is 0. The molecule has 2 N–H and O–H groups in total. The maximum atomic E-state index is 11.7. The maximum absolute atomic E-state index is 11.7. The Morgan fingerprint density at radius 2 is 1.79 bits per heavy atom. The van der Waals surface area contributed by atoms with Crippen molar-refractivity contribution in [1.29, 1.82) is 0 Å². The second-order valence-electron chi connectivity index (χ2n) is 3.82. The largest absolute Gasteiger partial charge is 0.294 e. The van der Waals surface area contributed by atoms with Gasteiger partial charge in [0.1, 0.15) is 5.69 Å². The van der Waals surface area contributed by atoms with Gasteiger partial charge in [-0.25, -0.2) is 0 Å². The Labute approximate surface area is 112 Å². The number of hydrogen-bond donors (Lipinski definition) is 2. The van der Waals surface area contributed by atoms with E-state index in [1.165, 1.54) is 11.3 Å². The van der Waals surface area contributed by atoms with Crippen molar-refractivity contribution in [3.8, 4) is 10.6 Å². The number of aromatic amines is 2. The molecule has 5 nitrogen and oxygen atoms in total. The molecule has 2 heterocycles. The molecule has 0 amide bonds. The van der Waals surface area contributed by atoms with Crippen molar-refractivity contribution in [2.45, 2.75) is 0 Å². The number of azo groups is 1. The van der Waals surface area contributed by atoms with Crippen molar-refractivity contribution >= 4 is 22.7 Å². The van der Waals surface area contributed by atoms with E-state index in [9.17, 15) is 4.79 Å². The molecule has 0 aliphatic heterocycles. The number of hydrogen-bond acceptors (Lipinski definition) is 4. The van der Waals surface area contributed by atoms with Crippen molar-refractivity contribution in [3.63, 3.8) is 0 Å². The summed E-state index contributed by atoms with van der Waals surface area (Å²) < 4.78 is 0. The zero-order chi connectivity index (χ0) is 13.1. The summed E-state index contributed by atoms with van der Waals surface area (Å²) in [6, 6.07) is 13.1. The lowest BCUT2D eigenvalue weighted by Gasteiger charge is -1.93. The van der Waals surface area contributed by atoms with Gasteiger partial charge in [-0.05, 0) is 23.6 Å². The highest BCUT2D eigenvalue weighted by Crippen LogP contribution is 2.29. The summed E-state index contributed by atoms with van der Waals surface area (Å²) in [6.45, 7) is 0. The van der Waals surface area contributed by atoms with Gasteiger partial charge in [-0.3, -0.25) is 15.0 Å². The van der Waals surface area contributed by atoms with Gasteiger partial charge in [-0.2, -0.15) is 5.11 Å². The molecule has 3 aromatic rings. The minimum absolute atomic E-state index is 0.275. The summed E-state index contributed by atoms with van der Waals surface area (Å²) in [5.74, 6) is 0. The van der Waals surface area contributed by atoms with Gasteiger partial charge in [0.05, 0.1) is 10.6 Å². The van der Waals surface area contributed by atoms with Gasteiger partial charge in [0.25, 0.3) is 5.56 Å². The van der Waals surface area contributed by atoms with Gasteiger partial charge in [0.2, 0.25) is 0 Å². The van der Waals surface area contributed by atoms with Crippen LogP contribution in [-0.4, -0.2) is 10.2 Å². The predicted molar refractivity (Wildman–Crippen MR) is 75.3 cm³/mol. The van der Waals surface area contributed by atoms with Crippen LogP contribution in [0.2, 0.25) is 0 Å². The lowest BCUT2D eigenvalue weighted by molar-refractivity contribution is 1.06. The fourth-order valence-electron chi connectivity index (χ4n) is 1.65. The zero-order valence-corrected chi connectivity index (χ0v) is 10.6. The van der Waals surface area contributed by atoms with Crippen LogP contribution >= 0.6 is 11.3 Å². The van der Waals surface area contributed by atoms with Crippen LogP contribution in [0, 0.1) is 0 Å². The van der Waals surface area contributed by atoms with Crippen LogP contribution in [0.5, 0.6) is 0 Å². The molecule has 1 aromatic carbocycles. The van der Waals surface area contributed by atoms with Crippen LogP contribution in [-0.2, 0) is 0 Å². The predicted octanol–water partition coefficient (Wildman–Crippen LogP) is 3.85. The number of nitrogens with one attached hydrogen (secondary N) is 2. The van der Waals surface area contributed by atoms with Crippen LogP contribution < -0.4 is 5.56 Å². The quantitative estimate of drug-likeness (QED) is 0.697. The van der Waals surface area contributed by atoms with Gasteiger partial charge in [0.15, 0.2) is 5.69 Å². The summed E-state index contributed by atoms with van der Waals surface area (Å²) in [5, 5.41) is 15.4. The Kier molecular flexibility index (Phi) is 3.07. The number of thiophene rings is 1. The van der Waals surface area contributed by atoms with Crippen molar-refractivity contribution in [1.82, 2.24) is 10.2 Å². The Bertz CT molecular complexity index is 741. The molecule has 0 radical (unpaired) electrons.